The molecule has 3 rings (SSSR count). The monoisotopic (exact) mass is 367 g/mol. The molecule has 0 fully saturated rings. The molecule has 25 heavy (non-hydrogen) atoms. The van der Waals surface area contributed by atoms with Gasteiger partial charge in [0.1, 0.15) is 0 Å². The Morgan fingerprint density at radius 1 is 1.20 bits per heavy atom. The Labute approximate surface area is 144 Å². The van der Waals surface area contributed by atoms with E-state index in [4.69, 9.17) is 0 Å². The van der Waals surface area contributed by atoms with Crippen LogP contribution in [0.25, 0.3) is 5.65 Å². The lowest BCUT2D eigenvalue weighted by Crippen LogP contribution is -2.25. The Bertz CT molecular complexity index is 879. The van der Waals surface area contributed by atoms with Crippen molar-refractivity contribution in [1.82, 2.24) is 24.9 Å². The molecule has 0 radical (unpaired) electrons. The summed E-state index contributed by atoms with van der Waals surface area (Å²) < 4.78 is 39.1. The summed E-state index contributed by atoms with van der Waals surface area (Å²) in [4.78, 5) is 15.6. The predicted octanol–water partition coefficient (Wildman–Crippen LogP) is 2.55. The topological polar surface area (TPSA) is 72.2 Å². The minimum atomic E-state index is -4.42. The van der Waals surface area contributed by atoms with Crippen LogP contribution in [0.4, 0.5) is 13.2 Å². The number of pyridine rings is 2. The number of nitrogens with one attached hydrogen (secondary N) is 1. The van der Waals surface area contributed by atoms with Gasteiger partial charge in [-0.3, -0.25) is 9.20 Å². The fourth-order valence-corrected chi connectivity index (χ4v) is 2.69. The second-order valence-corrected chi connectivity index (χ2v) is 5.99. The maximum Gasteiger partial charge on any atom is 0.417 e. The SMILES string of the molecule is O=C(CSc1ccc(C(F)(F)F)cn1)NCc1nnc2ccccn12. The van der Waals surface area contributed by atoms with Crippen molar-refractivity contribution >= 4 is 23.3 Å². The van der Waals surface area contributed by atoms with Gasteiger partial charge in [-0.2, -0.15) is 13.2 Å². The fourth-order valence-electron chi connectivity index (χ4n) is 2.01. The number of fused-ring (bicyclic) bond motifs is 1. The van der Waals surface area contributed by atoms with Gasteiger partial charge in [-0.15, -0.1) is 10.2 Å². The molecule has 0 aliphatic rings. The van der Waals surface area contributed by atoms with E-state index in [1.807, 2.05) is 12.1 Å². The maximum absolute atomic E-state index is 12.5. The van der Waals surface area contributed by atoms with Crippen LogP contribution in [-0.2, 0) is 17.5 Å². The number of aromatic nitrogens is 4. The van der Waals surface area contributed by atoms with Crippen molar-refractivity contribution in [2.45, 2.75) is 17.7 Å². The number of halogens is 3. The molecule has 0 aliphatic carbocycles. The first kappa shape index (κ1) is 17.2. The summed E-state index contributed by atoms with van der Waals surface area (Å²) in [6, 6.07) is 7.64. The lowest BCUT2D eigenvalue weighted by molar-refractivity contribution is -0.137. The van der Waals surface area contributed by atoms with Gasteiger partial charge in [0.05, 0.1) is 22.9 Å². The molecule has 6 nitrogen and oxygen atoms in total. The van der Waals surface area contributed by atoms with Crippen LogP contribution >= 0.6 is 11.8 Å². The van der Waals surface area contributed by atoms with Gasteiger partial charge in [0, 0.05) is 12.4 Å². The molecule has 1 amide bonds. The molecule has 0 aromatic carbocycles. The van der Waals surface area contributed by atoms with Crippen molar-refractivity contribution in [1.29, 1.82) is 0 Å². The van der Waals surface area contributed by atoms with Gasteiger partial charge in [-0.1, -0.05) is 17.8 Å². The highest BCUT2D eigenvalue weighted by Crippen LogP contribution is 2.29. The van der Waals surface area contributed by atoms with Gasteiger partial charge in [0.15, 0.2) is 11.5 Å². The maximum atomic E-state index is 12.5. The molecule has 130 valence electrons. The first-order valence-electron chi connectivity index (χ1n) is 7.15. The molecule has 0 saturated heterocycles. The number of rotatable bonds is 5. The molecule has 1 N–H and O–H groups in total. The molecule has 0 unspecified atom stereocenters. The van der Waals surface area contributed by atoms with Crippen LogP contribution in [0.2, 0.25) is 0 Å². The predicted molar refractivity (Wildman–Crippen MR) is 84.8 cm³/mol. The quantitative estimate of drug-likeness (QED) is 0.702. The smallest absolute Gasteiger partial charge is 0.348 e. The van der Waals surface area contributed by atoms with Crippen molar-refractivity contribution < 1.29 is 18.0 Å². The molecule has 0 spiro atoms. The number of amides is 1. The van der Waals surface area contributed by atoms with Crippen molar-refractivity contribution in [2.24, 2.45) is 0 Å². The molecule has 0 atom stereocenters. The third-order valence-corrected chi connectivity index (χ3v) is 4.19. The van der Waals surface area contributed by atoms with Crippen LogP contribution < -0.4 is 5.32 Å². The number of carbonyl (C=O) groups is 1. The number of nitrogens with zero attached hydrogens (tertiary/aromatic N) is 4. The summed E-state index contributed by atoms with van der Waals surface area (Å²) in [7, 11) is 0. The summed E-state index contributed by atoms with van der Waals surface area (Å²) in [6.45, 7) is 0.199. The van der Waals surface area contributed by atoms with E-state index in [9.17, 15) is 18.0 Å². The zero-order chi connectivity index (χ0) is 17.9. The van der Waals surface area contributed by atoms with E-state index in [0.29, 0.717) is 16.5 Å². The van der Waals surface area contributed by atoms with Crippen molar-refractivity contribution in [3.8, 4) is 0 Å². The molecule has 0 bridgehead atoms. The van der Waals surface area contributed by atoms with Gasteiger partial charge in [0.2, 0.25) is 5.91 Å². The number of carbonyl (C=O) groups excluding carboxylic acids is 1. The summed E-state index contributed by atoms with van der Waals surface area (Å²) in [5.74, 6) is 0.343. The average Bonchev–Trinajstić information content (AvgIpc) is 3.01. The van der Waals surface area contributed by atoms with E-state index >= 15 is 0 Å². The third-order valence-electron chi connectivity index (χ3n) is 3.24. The Balaban J connectivity index is 1.51. The van der Waals surface area contributed by atoms with Crippen LogP contribution in [0, 0.1) is 0 Å². The van der Waals surface area contributed by atoms with Gasteiger partial charge in [-0.05, 0) is 24.3 Å². The van der Waals surface area contributed by atoms with Gasteiger partial charge >= 0.3 is 6.18 Å². The number of hydrogen-bond donors (Lipinski definition) is 1. The normalized spacial score (nSPS) is 11.6. The van der Waals surface area contributed by atoms with E-state index < -0.39 is 11.7 Å². The largest absolute Gasteiger partial charge is 0.417 e. The highest BCUT2D eigenvalue weighted by atomic mass is 32.2. The zero-order valence-electron chi connectivity index (χ0n) is 12.7. The van der Waals surface area contributed by atoms with Gasteiger partial charge in [0.25, 0.3) is 0 Å². The first-order valence-corrected chi connectivity index (χ1v) is 8.13. The van der Waals surface area contributed by atoms with E-state index in [0.717, 1.165) is 24.0 Å². The lowest BCUT2D eigenvalue weighted by Gasteiger charge is -2.07. The van der Waals surface area contributed by atoms with Crippen LogP contribution in [0.3, 0.4) is 0 Å². The second kappa shape index (κ2) is 7.09. The first-order chi connectivity index (χ1) is 11.9. The van der Waals surface area contributed by atoms with Crippen molar-refractivity contribution in [3.05, 3.63) is 54.1 Å². The second-order valence-electron chi connectivity index (χ2n) is 4.99. The third kappa shape index (κ3) is 4.27. The lowest BCUT2D eigenvalue weighted by atomic mass is 10.3. The molecule has 3 aromatic heterocycles. The van der Waals surface area contributed by atoms with E-state index in [1.54, 1.807) is 16.7 Å². The molecule has 3 heterocycles. The summed E-state index contributed by atoms with van der Waals surface area (Å²) in [5.41, 5.74) is -0.143. The van der Waals surface area contributed by atoms with E-state index in [2.05, 4.69) is 20.5 Å². The Morgan fingerprint density at radius 2 is 2.04 bits per heavy atom. The average molecular weight is 367 g/mol. The van der Waals surface area contributed by atoms with E-state index in [-0.39, 0.29) is 18.2 Å². The standard InChI is InChI=1S/C15H12F3N5OS/c16-15(17,18)10-4-5-14(20-7-10)25-9-13(24)19-8-12-22-21-11-3-1-2-6-23(11)12/h1-7H,8-9H2,(H,19,24). The number of alkyl halides is 3. The molecule has 0 saturated carbocycles. The summed E-state index contributed by atoms with van der Waals surface area (Å²) >= 11 is 1.06. The number of thioether (sulfide) groups is 1. The molecular formula is C15H12F3N5OS. The Morgan fingerprint density at radius 3 is 2.76 bits per heavy atom. The molecular weight excluding hydrogens is 355 g/mol. The molecule has 0 aliphatic heterocycles. The minimum Gasteiger partial charge on any atom is -0.348 e. The minimum absolute atomic E-state index is 0.0368. The summed E-state index contributed by atoms with van der Waals surface area (Å²) in [6.07, 6.45) is -1.88. The highest BCUT2D eigenvalue weighted by molar-refractivity contribution is 7.99. The molecule has 3 aromatic rings. The van der Waals surface area contributed by atoms with Crippen molar-refractivity contribution in [2.75, 3.05) is 5.75 Å². The van der Waals surface area contributed by atoms with Crippen LogP contribution in [0.5, 0.6) is 0 Å². The zero-order valence-corrected chi connectivity index (χ0v) is 13.5. The summed E-state index contributed by atoms with van der Waals surface area (Å²) in [5, 5.41) is 11.0. The van der Waals surface area contributed by atoms with E-state index in [1.165, 1.54) is 6.07 Å². The van der Waals surface area contributed by atoms with Gasteiger partial charge < -0.3 is 5.32 Å². The van der Waals surface area contributed by atoms with Crippen LogP contribution in [-0.4, -0.2) is 31.2 Å². The highest BCUT2D eigenvalue weighted by Gasteiger charge is 2.30. The molecule has 10 heteroatoms. The Hall–Kier alpha value is -2.62. The van der Waals surface area contributed by atoms with Crippen LogP contribution in [0.1, 0.15) is 11.4 Å². The van der Waals surface area contributed by atoms with Gasteiger partial charge in [-0.25, -0.2) is 4.98 Å². The van der Waals surface area contributed by atoms with Crippen molar-refractivity contribution in [3.63, 3.8) is 0 Å². The van der Waals surface area contributed by atoms with Crippen LogP contribution in [0.15, 0.2) is 47.8 Å². The Kier molecular flexibility index (Phi) is 4.88. The fraction of sp³-hybridized carbons (Fsp3) is 0.200. The number of hydrogen-bond acceptors (Lipinski definition) is 5.